The molecule has 1 aliphatic rings. The van der Waals surface area contributed by atoms with E-state index < -0.39 is 17.9 Å². The quantitative estimate of drug-likeness (QED) is 0.819. The van der Waals surface area contributed by atoms with Crippen molar-refractivity contribution in [2.45, 2.75) is 32.4 Å². The van der Waals surface area contributed by atoms with Crippen LogP contribution in [-0.4, -0.2) is 57.5 Å². The molecule has 120 valence electrons. The number of carboxylic acid groups (broad SMARTS) is 1. The van der Waals surface area contributed by atoms with Crippen LogP contribution in [-0.2, 0) is 16.1 Å². The van der Waals surface area contributed by atoms with Gasteiger partial charge >= 0.3 is 5.97 Å². The molecule has 1 amide bonds. The van der Waals surface area contributed by atoms with Gasteiger partial charge in [-0.1, -0.05) is 13.3 Å². The van der Waals surface area contributed by atoms with Crippen molar-refractivity contribution in [3.8, 4) is 0 Å². The number of amides is 1. The molecule has 0 bridgehead atoms. The van der Waals surface area contributed by atoms with Gasteiger partial charge in [-0.05, 0) is 12.5 Å². The molecule has 1 atom stereocenters. The summed E-state index contributed by atoms with van der Waals surface area (Å²) < 4.78 is 6.35. The molecule has 0 spiro atoms. The van der Waals surface area contributed by atoms with E-state index in [1.165, 1.54) is 21.7 Å². The smallest absolute Gasteiger partial charge is 0.328 e. The number of carbonyl (C=O) groups excluding carboxylic acids is 1. The highest BCUT2D eigenvalue weighted by Crippen LogP contribution is 2.11. The summed E-state index contributed by atoms with van der Waals surface area (Å²) in [5, 5.41) is 13.2. The average molecular weight is 309 g/mol. The minimum Gasteiger partial charge on any atom is -0.480 e. The number of carboxylic acids is 1. The topological polar surface area (TPSA) is 102 Å². The maximum atomic E-state index is 12.5. The van der Waals surface area contributed by atoms with E-state index in [1.807, 2.05) is 6.92 Å². The van der Waals surface area contributed by atoms with Crippen LogP contribution < -0.4 is 5.56 Å². The van der Waals surface area contributed by atoms with Gasteiger partial charge in [0.05, 0.1) is 13.2 Å². The molecule has 0 saturated carbocycles. The molecule has 0 aromatic carbocycles. The van der Waals surface area contributed by atoms with Crippen molar-refractivity contribution in [3.63, 3.8) is 0 Å². The zero-order valence-corrected chi connectivity index (χ0v) is 12.4. The number of hydrogen-bond donors (Lipinski definition) is 1. The van der Waals surface area contributed by atoms with Crippen LogP contribution in [0.4, 0.5) is 0 Å². The molecule has 1 fully saturated rings. The Morgan fingerprint density at radius 2 is 2.23 bits per heavy atom. The molecular weight excluding hydrogens is 290 g/mol. The van der Waals surface area contributed by atoms with E-state index in [1.54, 1.807) is 0 Å². The number of unbranched alkanes of at least 4 members (excludes halogenated alkanes) is 1. The molecule has 22 heavy (non-hydrogen) atoms. The van der Waals surface area contributed by atoms with Gasteiger partial charge in [-0.3, -0.25) is 9.59 Å². The summed E-state index contributed by atoms with van der Waals surface area (Å²) in [6.45, 7) is 2.85. The molecule has 1 saturated heterocycles. The van der Waals surface area contributed by atoms with Crippen LogP contribution in [0.5, 0.6) is 0 Å². The lowest BCUT2D eigenvalue weighted by Gasteiger charge is -2.32. The van der Waals surface area contributed by atoms with Crippen molar-refractivity contribution in [3.05, 3.63) is 28.2 Å². The summed E-state index contributed by atoms with van der Waals surface area (Å²) in [5.74, 6) is -1.62. The van der Waals surface area contributed by atoms with Crippen molar-refractivity contribution in [1.29, 1.82) is 0 Å². The second kappa shape index (κ2) is 7.17. The Labute approximate surface area is 127 Å². The molecule has 0 radical (unpaired) electrons. The molecule has 1 aliphatic heterocycles. The lowest BCUT2D eigenvalue weighted by molar-refractivity contribution is -0.147. The van der Waals surface area contributed by atoms with Gasteiger partial charge < -0.3 is 14.7 Å². The highest BCUT2D eigenvalue weighted by Gasteiger charge is 2.34. The zero-order chi connectivity index (χ0) is 16.1. The van der Waals surface area contributed by atoms with Crippen molar-refractivity contribution >= 4 is 11.9 Å². The summed E-state index contributed by atoms with van der Waals surface area (Å²) >= 11 is 0. The Hall–Kier alpha value is -2.22. The molecule has 1 aromatic heterocycles. The summed E-state index contributed by atoms with van der Waals surface area (Å²) in [6, 6.07) is 1.59. The Morgan fingerprint density at radius 3 is 2.91 bits per heavy atom. The normalized spacial score (nSPS) is 18.2. The monoisotopic (exact) mass is 309 g/mol. The van der Waals surface area contributed by atoms with Gasteiger partial charge in [0.15, 0.2) is 6.04 Å². The van der Waals surface area contributed by atoms with E-state index >= 15 is 0 Å². The number of aryl methyl sites for hydroxylation is 1. The molecule has 0 unspecified atom stereocenters. The second-order valence-electron chi connectivity index (χ2n) is 5.06. The van der Waals surface area contributed by atoms with Gasteiger partial charge in [-0.25, -0.2) is 9.48 Å². The van der Waals surface area contributed by atoms with Gasteiger partial charge in [-0.15, -0.1) is 0 Å². The number of nitrogens with zero attached hydrogens (tertiary/aromatic N) is 3. The predicted molar refractivity (Wildman–Crippen MR) is 76.7 cm³/mol. The number of ether oxygens (including phenoxy) is 1. The highest BCUT2D eigenvalue weighted by atomic mass is 16.5. The molecule has 8 heteroatoms. The van der Waals surface area contributed by atoms with Crippen molar-refractivity contribution in [2.24, 2.45) is 0 Å². The summed E-state index contributed by atoms with van der Waals surface area (Å²) in [6.07, 6.45) is 1.68. The minimum absolute atomic E-state index is 0.0451. The Kier molecular flexibility index (Phi) is 5.26. The van der Waals surface area contributed by atoms with Crippen LogP contribution in [0.25, 0.3) is 0 Å². The van der Waals surface area contributed by atoms with Gasteiger partial charge in [-0.2, -0.15) is 5.10 Å². The Morgan fingerprint density at radius 1 is 1.45 bits per heavy atom. The first-order valence-electron chi connectivity index (χ1n) is 7.24. The Balaban J connectivity index is 2.24. The molecular formula is C14H19N3O5. The van der Waals surface area contributed by atoms with Crippen molar-refractivity contribution in [1.82, 2.24) is 14.7 Å². The van der Waals surface area contributed by atoms with Gasteiger partial charge in [0.1, 0.15) is 5.69 Å². The third-order valence-electron chi connectivity index (χ3n) is 3.48. The standard InChI is InChI=1S/C14H19N3O5/c1-2-3-6-17-12(18)5-4-10(15-17)13(19)16-7-8-22-9-11(16)14(20)21/h4-5,11H,2-3,6-9H2,1H3,(H,20,21)/t11-/m0/s1. The van der Waals surface area contributed by atoms with Crippen LogP contribution in [0.3, 0.4) is 0 Å². The summed E-state index contributed by atoms with van der Waals surface area (Å²) in [4.78, 5) is 36.6. The minimum atomic E-state index is -1.12. The molecule has 2 rings (SSSR count). The molecule has 1 aromatic rings. The van der Waals surface area contributed by atoms with Crippen LogP contribution in [0, 0.1) is 0 Å². The van der Waals surface area contributed by atoms with Crippen molar-refractivity contribution < 1.29 is 19.4 Å². The molecule has 1 N–H and O–H groups in total. The van der Waals surface area contributed by atoms with E-state index in [0.29, 0.717) is 6.54 Å². The van der Waals surface area contributed by atoms with E-state index in [0.717, 1.165) is 12.8 Å². The highest BCUT2D eigenvalue weighted by molar-refractivity contribution is 5.95. The molecule has 8 nitrogen and oxygen atoms in total. The number of rotatable bonds is 5. The lowest BCUT2D eigenvalue weighted by Crippen LogP contribution is -2.53. The van der Waals surface area contributed by atoms with E-state index in [2.05, 4.69) is 5.10 Å². The first-order chi connectivity index (χ1) is 10.5. The fourth-order valence-electron chi connectivity index (χ4n) is 2.23. The second-order valence-corrected chi connectivity index (χ2v) is 5.06. The predicted octanol–water partition coefficient (Wildman–Crippen LogP) is -0.0310. The van der Waals surface area contributed by atoms with Crippen LogP contribution >= 0.6 is 0 Å². The van der Waals surface area contributed by atoms with Gasteiger partial charge in [0, 0.05) is 19.2 Å². The maximum absolute atomic E-state index is 12.5. The third-order valence-corrected chi connectivity index (χ3v) is 3.48. The number of morpholine rings is 1. The van der Waals surface area contributed by atoms with Gasteiger partial charge in [0.25, 0.3) is 11.5 Å². The average Bonchev–Trinajstić information content (AvgIpc) is 2.53. The first kappa shape index (κ1) is 16.2. The number of aliphatic carboxylic acids is 1. The summed E-state index contributed by atoms with van der Waals surface area (Å²) in [7, 11) is 0. The van der Waals surface area contributed by atoms with E-state index in [9.17, 15) is 14.4 Å². The molecule has 2 heterocycles. The fourth-order valence-corrected chi connectivity index (χ4v) is 2.23. The zero-order valence-electron chi connectivity index (χ0n) is 12.4. The van der Waals surface area contributed by atoms with Crippen molar-refractivity contribution in [2.75, 3.05) is 19.8 Å². The summed E-state index contributed by atoms with van der Waals surface area (Å²) in [5.41, 5.74) is -0.203. The number of aromatic nitrogens is 2. The van der Waals surface area contributed by atoms with Crippen LogP contribution in [0.1, 0.15) is 30.3 Å². The third kappa shape index (κ3) is 3.51. The largest absolute Gasteiger partial charge is 0.480 e. The Bertz CT molecular complexity index is 613. The maximum Gasteiger partial charge on any atom is 0.328 e. The van der Waals surface area contributed by atoms with E-state index in [-0.39, 0.29) is 31.0 Å². The lowest BCUT2D eigenvalue weighted by atomic mass is 10.2. The van der Waals surface area contributed by atoms with E-state index in [4.69, 9.17) is 9.84 Å². The molecule has 0 aliphatic carbocycles. The fraction of sp³-hybridized carbons (Fsp3) is 0.571. The van der Waals surface area contributed by atoms with Crippen LogP contribution in [0.15, 0.2) is 16.9 Å². The number of hydrogen-bond acceptors (Lipinski definition) is 5. The van der Waals surface area contributed by atoms with Crippen LogP contribution in [0.2, 0.25) is 0 Å². The number of carbonyl (C=O) groups is 2. The van der Waals surface area contributed by atoms with Gasteiger partial charge in [0.2, 0.25) is 0 Å². The first-order valence-corrected chi connectivity index (χ1v) is 7.24. The SMILES string of the molecule is CCCCn1nc(C(=O)N2CCOC[C@H]2C(=O)O)ccc1=O.